The van der Waals surface area contributed by atoms with Gasteiger partial charge in [0.1, 0.15) is 5.78 Å². The quantitative estimate of drug-likeness (QED) is 0.390. The highest BCUT2D eigenvalue weighted by molar-refractivity contribution is 5.83. The second kappa shape index (κ2) is 13.7. The van der Waals surface area contributed by atoms with Gasteiger partial charge in [0.05, 0.1) is 33.0 Å². The summed E-state index contributed by atoms with van der Waals surface area (Å²) in [6, 6.07) is 0. The lowest BCUT2D eigenvalue weighted by atomic mass is 9.80. The standard InChI is InChI=1S/C24H47NO4/c1-23(2,3)20-21-9-11-25(12-10-21)13-15-28-17-19-29-18-16-27-14-7-8-22(26)24(4,5)6/h21H,7-20H2,1-6H3. The number of carbonyl (C=O) groups is 1. The van der Waals surface area contributed by atoms with Gasteiger partial charge in [0.15, 0.2) is 0 Å². The van der Waals surface area contributed by atoms with Crippen molar-refractivity contribution in [3.8, 4) is 0 Å². The van der Waals surface area contributed by atoms with Crippen molar-refractivity contribution in [1.29, 1.82) is 0 Å². The van der Waals surface area contributed by atoms with Gasteiger partial charge in [0.2, 0.25) is 0 Å². The zero-order valence-electron chi connectivity index (χ0n) is 20.1. The molecule has 0 N–H and O–H groups in total. The fourth-order valence-electron chi connectivity index (χ4n) is 3.73. The summed E-state index contributed by atoms with van der Waals surface area (Å²) in [6.45, 7) is 20.2. The third kappa shape index (κ3) is 14.2. The number of hydrogen-bond donors (Lipinski definition) is 0. The van der Waals surface area contributed by atoms with Crippen molar-refractivity contribution < 1.29 is 19.0 Å². The molecule has 0 aromatic rings. The molecule has 0 unspecified atom stereocenters. The largest absolute Gasteiger partial charge is 0.379 e. The third-order valence-electron chi connectivity index (χ3n) is 5.43. The number of Topliss-reactive ketones (excluding diaryl/α,β-unsaturated/α-hetero) is 1. The van der Waals surface area contributed by atoms with Crippen LogP contribution in [0.4, 0.5) is 0 Å². The Balaban J connectivity index is 1.85. The van der Waals surface area contributed by atoms with E-state index in [1.165, 1.54) is 32.4 Å². The van der Waals surface area contributed by atoms with Crippen LogP contribution in [0.25, 0.3) is 0 Å². The highest BCUT2D eigenvalue weighted by Gasteiger charge is 2.23. The van der Waals surface area contributed by atoms with Gasteiger partial charge in [0.25, 0.3) is 0 Å². The van der Waals surface area contributed by atoms with Crippen LogP contribution < -0.4 is 0 Å². The minimum Gasteiger partial charge on any atom is -0.379 e. The van der Waals surface area contributed by atoms with Crippen LogP contribution in [-0.2, 0) is 19.0 Å². The summed E-state index contributed by atoms with van der Waals surface area (Å²) in [4.78, 5) is 14.3. The average molecular weight is 414 g/mol. The second-order valence-electron chi connectivity index (χ2n) is 10.7. The van der Waals surface area contributed by atoms with E-state index in [1.807, 2.05) is 20.8 Å². The average Bonchev–Trinajstić information content (AvgIpc) is 2.61. The van der Waals surface area contributed by atoms with Gasteiger partial charge in [-0.05, 0) is 50.1 Å². The first-order valence-corrected chi connectivity index (χ1v) is 11.6. The molecule has 1 saturated heterocycles. The molecule has 1 rings (SSSR count). The molecule has 5 nitrogen and oxygen atoms in total. The topological polar surface area (TPSA) is 48.0 Å². The van der Waals surface area contributed by atoms with Gasteiger partial charge in [-0.3, -0.25) is 4.79 Å². The molecule has 0 spiro atoms. The molecular formula is C24H47NO4. The molecule has 1 heterocycles. The van der Waals surface area contributed by atoms with Crippen LogP contribution in [0.2, 0.25) is 0 Å². The van der Waals surface area contributed by atoms with Gasteiger partial charge in [-0.1, -0.05) is 41.5 Å². The fraction of sp³-hybridized carbons (Fsp3) is 0.958. The Bertz CT molecular complexity index is 431. The van der Waals surface area contributed by atoms with Crippen LogP contribution in [0.1, 0.15) is 73.6 Å². The molecule has 0 bridgehead atoms. The molecule has 1 aliphatic rings. The summed E-state index contributed by atoms with van der Waals surface area (Å²) < 4.78 is 16.8. The first-order chi connectivity index (χ1) is 13.6. The Kier molecular flexibility index (Phi) is 12.6. The predicted octanol–water partition coefficient (Wildman–Crippen LogP) is 4.58. The van der Waals surface area contributed by atoms with Crippen molar-refractivity contribution in [3.63, 3.8) is 0 Å². The number of rotatable bonds is 14. The van der Waals surface area contributed by atoms with Gasteiger partial charge >= 0.3 is 0 Å². The van der Waals surface area contributed by atoms with E-state index >= 15 is 0 Å². The number of piperidine rings is 1. The van der Waals surface area contributed by atoms with Gasteiger partial charge in [-0.15, -0.1) is 0 Å². The Morgan fingerprint density at radius 2 is 1.34 bits per heavy atom. The molecular weight excluding hydrogens is 366 g/mol. The van der Waals surface area contributed by atoms with E-state index in [9.17, 15) is 4.79 Å². The lowest BCUT2D eigenvalue weighted by Crippen LogP contribution is -2.37. The molecule has 5 heteroatoms. The van der Waals surface area contributed by atoms with Crippen molar-refractivity contribution >= 4 is 5.78 Å². The van der Waals surface area contributed by atoms with E-state index in [0.717, 1.165) is 25.5 Å². The van der Waals surface area contributed by atoms with E-state index in [0.29, 0.717) is 50.7 Å². The van der Waals surface area contributed by atoms with Gasteiger partial charge < -0.3 is 19.1 Å². The fourth-order valence-corrected chi connectivity index (χ4v) is 3.73. The lowest BCUT2D eigenvalue weighted by Gasteiger charge is -2.34. The van der Waals surface area contributed by atoms with Crippen LogP contribution in [0.3, 0.4) is 0 Å². The lowest BCUT2D eigenvalue weighted by molar-refractivity contribution is -0.126. The number of likely N-dealkylation sites (tertiary alicyclic amines) is 1. The predicted molar refractivity (Wildman–Crippen MR) is 119 cm³/mol. The Morgan fingerprint density at radius 1 is 0.828 bits per heavy atom. The molecule has 0 aromatic heterocycles. The summed E-state index contributed by atoms with van der Waals surface area (Å²) in [7, 11) is 0. The molecule has 172 valence electrons. The summed E-state index contributed by atoms with van der Waals surface area (Å²) in [5.74, 6) is 1.19. The molecule has 0 saturated carbocycles. The van der Waals surface area contributed by atoms with Crippen molar-refractivity contribution in [2.24, 2.45) is 16.7 Å². The van der Waals surface area contributed by atoms with Crippen LogP contribution in [0, 0.1) is 16.7 Å². The van der Waals surface area contributed by atoms with E-state index in [2.05, 4.69) is 25.7 Å². The van der Waals surface area contributed by atoms with Crippen LogP contribution in [0.5, 0.6) is 0 Å². The number of ether oxygens (including phenoxy) is 3. The Morgan fingerprint density at radius 3 is 1.86 bits per heavy atom. The molecule has 0 amide bonds. The maximum absolute atomic E-state index is 11.8. The Hall–Kier alpha value is -0.490. The van der Waals surface area contributed by atoms with Gasteiger partial charge in [0, 0.05) is 25.0 Å². The Labute approximate surface area is 179 Å². The minimum atomic E-state index is -0.244. The first-order valence-electron chi connectivity index (χ1n) is 11.6. The molecule has 1 aliphatic heterocycles. The molecule has 0 aliphatic carbocycles. The van der Waals surface area contributed by atoms with Crippen LogP contribution in [0.15, 0.2) is 0 Å². The zero-order valence-corrected chi connectivity index (χ0v) is 20.1. The van der Waals surface area contributed by atoms with Crippen LogP contribution in [-0.4, -0.2) is 70.0 Å². The molecule has 29 heavy (non-hydrogen) atoms. The highest BCUT2D eigenvalue weighted by atomic mass is 16.5. The maximum atomic E-state index is 11.8. The second-order valence-corrected chi connectivity index (χ2v) is 10.7. The van der Waals surface area contributed by atoms with Gasteiger partial charge in [-0.25, -0.2) is 0 Å². The molecule has 0 atom stereocenters. The number of ketones is 1. The van der Waals surface area contributed by atoms with E-state index in [1.54, 1.807) is 0 Å². The van der Waals surface area contributed by atoms with Crippen molar-refractivity contribution in [2.45, 2.75) is 73.6 Å². The third-order valence-corrected chi connectivity index (χ3v) is 5.43. The molecule has 0 radical (unpaired) electrons. The smallest absolute Gasteiger partial charge is 0.138 e. The summed E-state index contributed by atoms with van der Waals surface area (Å²) in [5, 5.41) is 0. The van der Waals surface area contributed by atoms with Crippen molar-refractivity contribution in [1.82, 2.24) is 4.90 Å². The highest BCUT2D eigenvalue weighted by Crippen LogP contribution is 2.30. The minimum absolute atomic E-state index is 0.244. The monoisotopic (exact) mass is 413 g/mol. The summed E-state index contributed by atoms with van der Waals surface area (Å²) >= 11 is 0. The zero-order chi connectivity index (χ0) is 21.8. The normalized spacial score (nSPS) is 17.0. The maximum Gasteiger partial charge on any atom is 0.138 e. The SMILES string of the molecule is CC(C)(C)CC1CCN(CCOCCOCCOCCCC(=O)C(C)(C)C)CC1. The first kappa shape index (κ1) is 26.5. The summed E-state index contributed by atoms with van der Waals surface area (Å²) in [5.41, 5.74) is 0.206. The summed E-state index contributed by atoms with van der Waals surface area (Å²) in [6.07, 6.45) is 5.36. The van der Waals surface area contributed by atoms with Crippen molar-refractivity contribution in [3.05, 3.63) is 0 Å². The number of hydrogen-bond acceptors (Lipinski definition) is 5. The van der Waals surface area contributed by atoms with E-state index < -0.39 is 0 Å². The van der Waals surface area contributed by atoms with E-state index in [-0.39, 0.29) is 5.41 Å². The number of nitrogens with zero attached hydrogens (tertiary/aromatic N) is 1. The van der Waals surface area contributed by atoms with Crippen molar-refractivity contribution in [2.75, 3.05) is 59.3 Å². The molecule has 0 aromatic carbocycles. The van der Waals surface area contributed by atoms with Crippen LogP contribution >= 0.6 is 0 Å². The van der Waals surface area contributed by atoms with Gasteiger partial charge in [-0.2, -0.15) is 0 Å². The number of carbonyl (C=O) groups excluding carboxylic acids is 1. The molecule has 1 fully saturated rings. The van der Waals surface area contributed by atoms with E-state index in [4.69, 9.17) is 14.2 Å².